The van der Waals surface area contributed by atoms with E-state index < -0.39 is 5.54 Å². The van der Waals surface area contributed by atoms with Crippen LogP contribution in [0.1, 0.15) is 25.1 Å². The zero-order valence-electron chi connectivity index (χ0n) is 12.0. The van der Waals surface area contributed by atoms with Gasteiger partial charge in [0.05, 0.1) is 17.7 Å². The molecule has 1 N–H and O–H groups in total. The first-order chi connectivity index (χ1) is 10.0. The lowest BCUT2D eigenvalue weighted by Gasteiger charge is -2.26. The Kier molecular flexibility index (Phi) is 3.51. The van der Waals surface area contributed by atoms with E-state index in [4.69, 9.17) is 0 Å². The van der Waals surface area contributed by atoms with Crippen LogP contribution in [0.4, 0.5) is 0 Å². The van der Waals surface area contributed by atoms with E-state index in [2.05, 4.69) is 10.3 Å². The average molecular weight is 299 g/mol. The SMILES string of the molecule is CC(C)(NC(=O)Cc1cn2ccsc2n1)c1ccccc1. The first-order valence-electron chi connectivity index (χ1n) is 6.82. The van der Waals surface area contributed by atoms with Gasteiger partial charge in [0.1, 0.15) is 0 Å². The van der Waals surface area contributed by atoms with Gasteiger partial charge in [-0.2, -0.15) is 0 Å². The van der Waals surface area contributed by atoms with Crippen LogP contribution in [0.15, 0.2) is 48.1 Å². The van der Waals surface area contributed by atoms with Gasteiger partial charge in [-0.25, -0.2) is 4.98 Å². The average Bonchev–Trinajstić information content (AvgIpc) is 3.00. The van der Waals surface area contributed by atoms with Gasteiger partial charge in [-0.3, -0.25) is 9.20 Å². The fourth-order valence-electron chi connectivity index (χ4n) is 2.35. The number of fused-ring (bicyclic) bond motifs is 1. The largest absolute Gasteiger partial charge is 0.347 e. The van der Waals surface area contributed by atoms with Crippen LogP contribution in [0.3, 0.4) is 0 Å². The zero-order valence-corrected chi connectivity index (χ0v) is 12.9. The first-order valence-corrected chi connectivity index (χ1v) is 7.70. The van der Waals surface area contributed by atoms with Crippen LogP contribution in [-0.2, 0) is 16.8 Å². The fraction of sp³-hybridized carbons (Fsp3) is 0.250. The number of hydrogen-bond donors (Lipinski definition) is 1. The first kappa shape index (κ1) is 13.8. The Morgan fingerprint density at radius 1 is 1.33 bits per heavy atom. The maximum Gasteiger partial charge on any atom is 0.226 e. The summed E-state index contributed by atoms with van der Waals surface area (Å²) in [5.74, 6) is -0.0189. The molecule has 2 heterocycles. The molecule has 4 nitrogen and oxygen atoms in total. The van der Waals surface area contributed by atoms with E-state index in [-0.39, 0.29) is 5.91 Å². The Morgan fingerprint density at radius 2 is 2.10 bits per heavy atom. The Bertz CT molecular complexity index is 730. The van der Waals surface area contributed by atoms with E-state index >= 15 is 0 Å². The van der Waals surface area contributed by atoms with Crippen molar-refractivity contribution in [1.29, 1.82) is 0 Å². The molecule has 0 unspecified atom stereocenters. The maximum atomic E-state index is 12.2. The van der Waals surface area contributed by atoms with Crippen LogP contribution in [0, 0.1) is 0 Å². The van der Waals surface area contributed by atoms with Gasteiger partial charge in [0.25, 0.3) is 0 Å². The quantitative estimate of drug-likeness (QED) is 0.805. The molecule has 0 saturated carbocycles. The van der Waals surface area contributed by atoms with Gasteiger partial charge in [-0.05, 0) is 19.4 Å². The molecule has 0 spiro atoms. The molecular formula is C16H17N3OS. The van der Waals surface area contributed by atoms with Crippen molar-refractivity contribution < 1.29 is 4.79 Å². The predicted octanol–water partition coefficient (Wildman–Crippen LogP) is 2.99. The molecule has 1 amide bonds. The number of nitrogens with zero attached hydrogens (tertiary/aromatic N) is 2. The summed E-state index contributed by atoms with van der Waals surface area (Å²) in [5, 5.41) is 5.05. The van der Waals surface area contributed by atoms with Gasteiger partial charge in [-0.1, -0.05) is 30.3 Å². The van der Waals surface area contributed by atoms with E-state index in [0.717, 1.165) is 16.2 Å². The van der Waals surface area contributed by atoms with Crippen molar-refractivity contribution in [2.75, 3.05) is 0 Å². The lowest BCUT2D eigenvalue weighted by atomic mass is 9.94. The monoisotopic (exact) mass is 299 g/mol. The summed E-state index contributed by atoms with van der Waals surface area (Å²) in [6, 6.07) is 9.97. The molecule has 0 radical (unpaired) electrons. The molecule has 0 bridgehead atoms. The van der Waals surface area contributed by atoms with Crippen LogP contribution in [0.5, 0.6) is 0 Å². The molecule has 3 rings (SSSR count). The second-order valence-electron chi connectivity index (χ2n) is 5.54. The molecule has 21 heavy (non-hydrogen) atoms. The maximum absolute atomic E-state index is 12.2. The summed E-state index contributed by atoms with van der Waals surface area (Å²) in [4.78, 5) is 17.6. The molecule has 1 aromatic carbocycles. The minimum Gasteiger partial charge on any atom is -0.347 e. The highest BCUT2D eigenvalue weighted by molar-refractivity contribution is 7.15. The zero-order chi connectivity index (χ0) is 14.9. The van der Waals surface area contributed by atoms with Crippen molar-refractivity contribution >= 4 is 22.2 Å². The Labute approximate surface area is 127 Å². The second kappa shape index (κ2) is 5.33. The molecule has 2 aromatic heterocycles. The number of carbonyl (C=O) groups excluding carboxylic acids is 1. The van der Waals surface area contributed by atoms with Gasteiger partial charge >= 0.3 is 0 Å². The van der Waals surface area contributed by atoms with Crippen LogP contribution in [0.2, 0.25) is 0 Å². The summed E-state index contributed by atoms with van der Waals surface area (Å²) < 4.78 is 1.94. The van der Waals surface area contributed by atoms with E-state index in [1.54, 1.807) is 11.3 Å². The highest BCUT2D eigenvalue weighted by Gasteiger charge is 2.22. The number of hydrogen-bond acceptors (Lipinski definition) is 3. The summed E-state index contributed by atoms with van der Waals surface area (Å²) in [6.07, 6.45) is 4.15. The molecule has 0 fully saturated rings. The summed E-state index contributed by atoms with van der Waals surface area (Å²) in [6.45, 7) is 4.01. The second-order valence-corrected chi connectivity index (χ2v) is 6.41. The molecule has 0 aliphatic rings. The van der Waals surface area contributed by atoms with Crippen molar-refractivity contribution in [3.63, 3.8) is 0 Å². The number of imidazole rings is 1. The van der Waals surface area contributed by atoms with E-state index in [0.29, 0.717) is 6.42 Å². The molecule has 0 atom stereocenters. The molecular weight excluding hydrogens is 282 g/mol. The normalized spacial score (nSPS) is 11.7. The van der Waals surface area contributed by atoms with Crippen molar-refractivity contribution in [2.45, 2.75) is 25.8 Å². The van der Waals surface area contributed by atoms with Crippen molar-refractivity contribution in [3.05, 3.63) is 59.4 Å². The van der Waals surface area contributed by atoms with Crippen LogP contribution in [0.25, 0.3) is 4.96 Å². The van der Waals surface area contributed by atoms with Gasteiger partial charge in [0.15, 0.2) is 4.96 Å². The lowest BCUT2D eigenvalue weighted by Crippen LogP contribution is -2.41. The minimum absolute atomic E-state index is 0.0189. The number of carbonyl (C=O) groups is 1. The van der Waals surface area contributed by atoms with Gasteiger partial charge in [-0.15, -0.1) is 11.3 Å². The Hall–Kier alpha value is -2.14. The van der Waals surface area contributed by atoms with Gasteiger partial charge < -0.3 is 5.32 Å². The van der Waals surface area contributed by atoms with Gasteiger partial charge in [0.2, 0.25) is 5.91 Å². The summed E-state index contributed by atoms with van der Waals surface area (Å²) in [7, 11) is 0. The van der Waals surface area contributed by atoms with Gasteiger partial charge in [0, 0.05) is 17.8 Å². The Balaban J connectivity index is 1.70. The van der Waals surface area contributed by atoms with Crippen molar-refractivity contribution in [2.24, 2.45) is 0 Å². The number of aromatic nitrogens is 2. The van der Waals surface area contributed by atoms with E-state index in [1.807, 2.05) is 66.4 Å². The minimum atomic E-state index is -0.393. The number of thiazole rings is 1. The Morgan fingerprint density at radius 3 is 2.81 bits per heavy atom. The van der Waals surface area contributed by atoms with Crippen molar-refractivity contribution in [3.8, 4) is 0 Å². The molecule has 5 heteroatoms. The number of benzene rings is 1. The third-order valence-electron chi connectivity index (χ3n) is 3.43. The van der Waals surface area contributed by atoms with E-state index in [9.17, 15) is 4.79 Å². The topological polar surface area (TPSA) is 46.4 Å². The molecule has 0 aliphatic heterocycles. The highest BCUT2D eigenvalue weighted by atomic mass is 32.1. The van der Waals surface area contributed by atoms with Crippen LogP contribution < -0.4 is 5.32 Å². The third-order valence-corrected chi connectivity index (χ3v) is 4.20. The standard InChI is InChI=1S/C16H17N3OS/c1-16(2,12-6-4-3-5-7-12)18-14(20)10-13-11-19-8-9-21-15(19)17-13/h3-9,11H,10H2,1-2H3,(H,18,20). The third kappa shape index (κ3) is 2.97. The summed E-state index contributed by atoms with van der Waals surface area (Å²) in [5.41, 5.74) is 1.49. The fourth-order valence-corrected chi connectivity index (χ4v) is 3.06. The number of nitrogens with one attached hydrogen (secondary N) is 1. The number of amides is 1. The molecule has 3 aromatic rings. The summed E-state index contributed by atoms with van der Waals surface area (Å²) >= 11 is 1.57. The van der Waals surface area contributed by atoms with Crippen LogP contribution >= 0.6 is 11.3 Å². The lowest BCUT2D eigenvalue weighted by molar-refractivity contribution is -0.122. The molecule has 0 saturated heterocycles. The van der Waals surface area contributed by atoms with Crippen LogP contribution in [-0.4, -0.2) is 15.3 Å². The van der Waals surface area contributed by atoms with E-state index in [1.165, 1.54) is 0 Å². The highest BCUT2D eigenvalue weighted by Crippen LogP contribution is 2.19. The molecule has 0 aliphatic carbocycles. The van der Waals surface area contributed by atoms with Crippen molar-refractivity contribution in [1.82, 2.24) is 14.7 Å². The predicted molar refractivity (Wildman–Crippen MR) is 84.4 cm³/mol. The smallest absolute Gasteiger partial charge is 0.226 e. The number of rotatable bonds is 4. The molecule has 108 valence electrons.